The molecule has 0 amide bonds. The molecule has 132 valence electrons. The Morgan fingerprint density at radius 2 is 1.68 bits per heavy atom. The number of carbonyl (C=O) groups excluding carboxylic acids is 1. The Kier molecular flexibility index (Phi) is 5.89. The number of phenolic OH excluding ortho intramolecular Hbond substituents is 1. The van der Waals surface area contributed by atoms with Crippen LogP contribution in [-0.4, -0.2) is 39.3 Å². The van der Waals surface area contributed by atoms with Crippen molar-refractivity contribution in [1.82, 2.24) is 0 Å². The molecule has 0 radical (unpaired) electrons. The molecule has 0 saturated heterocycles. The van der Waals surface area contributed by atoms with Gasteiger partial charge in [-0.3, -0.25) is 4.79 Å². The fourth-order valence-electron chi connectivity index (χ4n) is 2.38. The van der Waals surface area contributed by atoms with Crippen LogP contribution in [0, 0.1) is 0 Å². The molecule has 0 atom stereocenters. The number of allylic oxidation sites excluding steroid dienone is 1. The number of aromatic hydroxyl groups is 1. The maximum absolute atomic E-state index is 12.6. The third-order valence-electron chi connectivity index (χ3n) is 3.58. The molecule has 1 N–H and O–H groups in total. The van der Waals surface area contributed by atoms with Gasteiger partial charge >= 0.3 is 0 Å². The quantitative estimate of drug-likeness (QED) is 0.613. The predicted molar refractivity (Wildman–Crippen MR) is 94.1 cm³/mol. The van der Waals surface area contributed by atoms with Crippen LogP contribution in [0.1, 0.15) is 15.9 Å². The summed E-state index contributed by atoms with van der Waals surface area (Å²) in [6.07, 6.45) is 2.97. The highest BCUT2D eigenvalue weighted by atomic mass is 16.5. The van der Waals surface area contributed by atoms with Gasteiger partial charge in [0.15, 0.2) is 17.3 Å². The number of carbonyl (C=O) groups is 1. The molecule has 0 unspecified atom stereocenters. The first kappa shape index (κ1) is 18.2. The summed E-state index contributed by atoms with van der Waals surface area (Å²) in [7, 11) is 5.82. The zero-order valence-electron chi connectivity index (χ0n) is 14.5. The average Bonchev–Trinajstić information content (AvgIpc) is 2.64. The number of rotatable bonds is 7. The summed E-state index contributed by atoms with van der Waals surface area (Å²) < 4.78 is 20.8. The normalized spacial score (nSPS) is 10.6. The minimum Gasteiger partial charge on any atom is -0.507 e. The second-order valence-corrected chi connectivity index (χ2v) is 5.01. The van der Waals surface area contributed by atoms with Gasteiger partial charge in [-0.1, -0.05) is 18.2 Å². The van der Waals surface area contributed by atoms with E-state index in [-0.39, 0.29) is 28.6 Å². The van der Waals surface area contributed by atoms with E-state index in [4.69, 9.17) is 18.9 Å². The van der Waals surface area contributed by atoms with E-state index < -0.39 is 5.78 Å². The number of methoxy groups -OCH3 is 4. The van der Waals surface area contributed by atoms with Gasteiger partial charge in [0.05, 0.1) is 28.4 Å². The average molecular weight is 344 g/mol. The van der Waals surface area contributed by atoms with Gasteiger partial charge in [0.25, 0.3) is 0 Å². The zero-order chi connectivity index (χ0) is 18.4. The molecule has 25 heavy (non-hydrogen) atoms. The number of ketones is 1. The smallest absolute Gasteiger partial charge is 0.204 e. The number of phenols is 1. The molecule has 0 bridgehead atoms. The Bertz CT molecular complexity index is 795. The Balaban J connectivity index is 2.43. The van der Waals surface area contributed by atoms with Crippen LogP contribution in [0.25, 0.3) is 6.08 Å². The van der Waals surface area contributed by atoms with Crippen molar-refractivity contribution in [3.8, 4) is 28.7 Å². The molecular formula is C19H20O6. The minimum absolute atomic E-state index is 0.000652. The molecule has 0 aliphatic carbocycles. The molecule has 0 saturated carbocycles. The van der Waals surface area contributed by atoms with Crippen LogP contribution in [0.2, 0.25) is 0 Å². The van der Waals surface area contributed by atoms with Crippen molar-refractivity contribution < 1.29 is 28.8 Å². The third kappa shape index (κ3) is 3.85. The van der Waals surface area contributed by atoms with E-state index in [9.17, 15) is 9.90 Å². The van der Waals surface area contributed by atoms with Gasteiger partial charge in [0.2, 0.25) is 5.75 Å². The largest absolute Gasteiger partial charge is 0.507 e. The van der Waals surface area contributed by atoms with Gasteiger partial charge < -0.3 is 24.1 Å². The van der Waals surface area contributed by atoms with E-state index in [1.807, 2.05) is 18.2 Å². The Hall–Kier alpha value is -3.15. The fourth-order valence-corrected chi connectivity index (χ4v) is 2.38. The lowest BCUT2D eigenvalue weighted by molar-refractivity contribution is 0.104. The summed E-state index contributed by atoms with van der Waals surface area (Å²) in [5, 5.41) is 10.2. The molecule has 2 aromatic carbocycles. The molecule has 0 aliphatic heterocycles. The van der Waals surface area contributed by atoms with Crippen molar-refractivity contribution in [3.63, 3.8) is 0 Å². The summed E-state index contributed by atoms with van der Waals surface area (Å²) >= 11 is 0. The monoisotopic (exact) mass is 344 g/mol. The summed E-state index contributed by atoms with van der Waals surface area (Å²) in [6, 6.07) is 8.56. The second kappa shape index (κ2) is 8.10. The SMILES string of the molecule is COc1cccc(C=CC(=O)c2c(O)cc(OC)c(OC)c2OC)c1. The van der Waals surface area contributed by atoms with Crippen LogP contribution in [0.15, 0.2) is 36.4 Å². The van der Waals surface area contributed by atoms with E-state index in [2.05, 4.69) is 0 Å². The van der Waals surface area contributed by atoms with Crippen LogP contribution >= 0.6 is 0 Å². The maximum Gasteiger partial charge on any atom is 0.204 e. The molecule has 0 spiro atoms. The summed E-state index contributed by atoms with van der Waals surface area (Å²) in [5.74, 6) is 0.611. The van der Waals surface area contributed by atoms with Crippen molar-refractivity contribution in [3.05, 3.63) is 47.5 Å². The topological polar surface area (TPSA) is 74.2 Å². The standard InChI is InChI=1S/C19H20O6/c1-22-13-7-5-6-12(10-13)8-9-14(20)17-15(21)11-16(23-2)18(24-3)19(17)25-4/h5-11,21H,1-4H3. The Labute approximate surface area is 146 Å². The van der Waals surface area contributed by atoms with Crippen LogP contribution in [0.3, 0.4) is 0 Å². The maximum atomic E-state index is 12.6. The van der Waals surface area contributed by atoms with Crippen LogP contribution in [-0.2, 0) is 0 Å². The third-order valence-corrected chi connectivity index (χ3v) is 3.58. The number of hydrogen-bond donors (Lipinski definition) is 1. The lowest BCUT2D eigenvalue weighted by Crippen LogP contribution is -2.03. The van der Waals surface area contributed by atoms with Gasteiger partial charge in [-0.2, -0.15) is 0 Å². The summed E-state index contributed by atoms with van der Waals surface area (Å²) in [5.41, 5.74) is 0.783. The molecule has 0 aliphatic rings. The molecular weight excluding hydrogens is 324 g/mol. The molecule has 2 rings (SSSR count). The highest BCUT2D eigenvalue weighted by molar-refractivity contribution is 6.11. The molecule has 0 heterocycles. The van der Waals surface area contributed by atoms with Gasteiger partial charge in [0.1, 0.15) is 17.1 Å². The highest BCUT2D eigenvalue weighted by Gasteiger charge is 2.24. The molecule has 6 heteroatoms. The van der Waals surface area contributed by atoms with Gasteiger partial charge in [0, 0.05) is 6.07 Å². The van der Waals surface area contributed by atoms with Crippen LogP contribution in [0.5, 0.6) is 28.7 Å². The van der Waals surface area contributed by atoms with Gasteiger partial charge in [-0.15, -0.1) is 0 Å². The van der Waals surface area contributed by atoms with Crippen molar-refractivity contribution in [1.29, 1.82) is 0 Å². The number of ether oxygens (including phenoxy) is 4. The summed E-state index contributed by atoms with van der Waals surface area (Å²) in [6.45, 7) is 0. The van der Waals surface area contributed by atoms with E-state index in [0.29, 0.717) is 5.75 Å². The second-order valence-electron chi connectivity index (χ2n) is 5.01. The van der Waals surface area contributed by atoms with E-state index in [1.54, 1.807) is 19.3 Å². The molecule has 0 fully saturated rings. The lowest BCUT2D eigenvalue weighted by Gasteiger charge is -2.15. The van der Waals surface area contributed by atoms with E-state index in [1.165, 1.54) is 33.5 Å². The van der Waals surface area contributed by atoms with Crippen molar-refractivity contribution in [2.75, 3.05) is 28.4 Å². The molecule has 0 aromatic heterocycles. The fraction of sp³-hybridized carbons (Fsp3) is 0.211. The van der Waals surface area contributed by atoms with Gasteiger partial charge in [-0.25, -0.2) is 0 Å². The van der Waals surface area contributed by atoms with Crippen LogP contribution in [0.4, 0.5) is 0 Å². The van der Waals surface area contributed by atoms with Crippen LogP contribution < -0.4 is 18.9 Å². The minimum atomic E-state index is -0.432. The highest BCUT2D eigenvalue weighted by Crippen LogP contribution is 2.44. The summed E-state index contributed by atoms with van der Waals surface area (Å²) in [4.78, 5) is 12.6. The Morgan fingerprint density at radius 3 is 2.28 bits per heavy atom. The first-order valence-corrected chi connectivity index (χ1v) is 7.44. The van der Waals surface area contributed by atoms with Crippen molar-refractivity contribution in [2.24, 2.45) is 0 Å². The first-order chi connectivity index (χ1) is 12.0. The molecule has 2 aromatic rings. The van der Waals surface area contributed by atoms with E-state index in [0.717, 1.165) is 5.56 Å². The lowest BCUT2D eigenvalue weighted by atomic mass is 10.0. The molecule has 6 nitrogen and oxygen atoms in total. The zero-order valence-corrected chi connectivity index (χ0v) is 14.5. The first-order valence-electron chi connectivity index (χ1n) is 7.44. The number of hydrogen-bond acceptors (Lipinski definition) is 6. The Morgan fingerprint density at radius 1 is 0.960 bits per heavy atom. The van der Waals surface area contributed by atoms with Gasteiger partial charge in [-0.05, 0) is 23.8 Å². The van der Waals surface area contributed by atoms with Crippen molar-refractivity contribution in [2.45, 2.75) is 0 Å². The van der Waals surface area contributed by atoms with Crippen molar-refractivity contribution >= 4 is 11.9 Å². The predicted octanol–water partition coefficient (Wildman–Crippen LogP) is 3.32. The number of benzene rings is 2. The van der Waals surface area contributed by atoms with E-state index >= 15 is 0 Å².